The molecule has 16 heavy (non-hydrogen) atoms. The van der Waals surface area contributed by atoms with Crippen LogP contribution in [0.1, 0.15) is 18.5 Å². The minimum absolute atomic E-state index is 0.0908. The predicted molar refractivity (Wildman–Crippen MR) is 61.0 cm³/mol. The van der Waals surface area contributed by atoms with Crippen LogP contribution < -0.4 is 5.32 Å². The van der Waals surface area contributed by atoms with E-state index in [9.17, 15) is 4.39 Å². The summed E-state index contributed by atoms with van der Waals surface area (Å²) in [5, 5.41) is 3.11. The van der Waals surface area contributed by atoms with Crippen molar-refractivity contribution in [3.05, 3.63) is 48.3 Å². The van der Waals surface area contributed by atoms with Crippen LogP contribution in [0.25, 0.3) is 5.69 Å². The first-order valence-corrected chi connectivity index (χ1v) is 5.17. The molecule has 0 radical (unpaired) electrons. The van der Waals surface area contributed by atoms with Crippen LogP contribution in [0.4, 0.5) is 4.39 Å². The van der Waals surface area contributed by atoms with Crippen molar-refractivity contribution in [1.29, 1.82) is 0 Å². The van der Waals surface area contributed by atoms with E-state index in [0.717, 1.165) is 11.3 Å². The summed E-state index contributed by atoms with van der Waals surface area (Å²) < 4.78 is 15.1. The molecule has 2 rings (SSSR count). The Morgan fingerprint density at radius 1 is 1.44 bits per heavy atom. The predicted octanol–water partition coefficient (Wildman–Crippen LogP) is 2.29. The third kappa shape index (κ3) is 1.97. The van der Waals surface area contributed by atoms with Crippen molar-refractivity contribution in [3.8, 4) is 5.69 Å². The molecule has 84 valence electrons. The minimum atomic E-state index is -0.221. The van der Waals surface area contributed by atoms with Gasteiger partial charge in [0.1, 0.15) is 5.82 Å². The Hall–Kier alpha value is -1.68. The first kappa shape index (κ1) is 10.8. The van der Waals surface area contributed by atoms with Crippen molar-refractivity contribution in [2.75, 3.05) is 7.05 Å². The number of benzene rings is 1. The van der Waals surface area contributed by atoms with Gasteiger partial charge in [0, 0.05) is 18.4 Å². The van der Waals surface area contributed by atoms with E-state index in [4.69, 9.17) is 0 Å². The van der Waals surface area contributed by atoms with Crippen molar-refractivity contribution in [2.24, 2.45) is 0 Å². The standard InChI is InChI=1S/C12H14FN3/c1-9(14-2)11-7-10(13)3-4-12(11)16-6-5-15-8-16/h3-9,14H,1-2H3. The van der Waals surface area contributed by atoms with Crippen LogP contribution in [0.2, 0.25) is 0 Å². The molecule has 0 aliphatic heterocycles. The number of hydrogen-bond acceptors (Lipinski definition) is 2. The molecule has 2 aromatic rings. The van der Waals surface area contributed by atoms with Gasteiger partial charge >= 0.3 is 0 Å². The highest BCUT2D eigenvalue weighted by Gasteiger charge is 2.11. The molecule has 0 amide bonds. The van der Waals surface area contributed by atoms with Gasteiger partial charge in [-0.15, -0.1) is 0 Å². The summed E-state index contributed by atoms with van der Waals surface area (Å²) in [7, 11) is 1.85. The molecular formula is C12H14FN3. The molecule has 4 heteroatoms. The van der Waals surface area contributed by atoms with E-state index in [1.807, 2.05) is 24.7 Å². The van der Waals surface area contributed by atoms with Gasteiger partial charge in [-0.05, 0) is 37.7 Å². The van der Waals surface area contributed by atoms with Crippen molar-refractivity contribution >= 4 is 0 Å². The monoisotopic (exact) mass is 219 g/mol. The van der Waals surface area contributed by atoms with Gasteiger partial charge in [-0.2, -0.15) is 0 Å². The molecule has 0 aliphatic carbocycles. The lowest BCUT2D eigenvalue weighted by Crippen LogP contribution is -2.15. The Kier molecular flexibility index (Phi) is 3.01. The van der Waals surface area contributed by atoms with Gasteiger partial charge in [0.25, 0.3) is 0 Å². The maximum Gasteiger partial charge on any atom is 0.123 e. The summed E-state index contributed by atoms with van der Waals surface area (Å²) >= 11 is 0. The molecule has 0 spiro atoms. The smallest absolute Gasteiger partial charge is 0.123 e. The molecule has 0 aliphatic rings. The lowest BCUT2D eigenvalue weighted by molar-refractivity contribution is 0.606. The van der Waals surface area contributed by atoms with Gasteiger partial charge in [-0.1, -0.05) is 0 Å². The van der Waals surface area contributed by atoms with Crippen LogP contribution in [0.15, 0.2) is 36.9 Å². The highest BCUT2D eigenvalue weighted by Crippen LogP contribution is 2.22. The fourth-order valence-electron chi connectivity index (χ4n) is 1.66. The molecule has 1 N–H and O–H groups in total. The molecule has 1 heterocycles. The van der Waals surface area contributed by atoms with Crippen LogP contribution in [0, 0.1) is 5.82 Å². The number of nitrogens with zero attached hydrogens (tertiary/aromatic N) is 2. The number of rotatable bonds is 3. The van der Waals surface area contributed by atoms with E-state index >= 15 is 0 Å². The fourth-order valence-corrected chi connectivity index (χ4v) is 1.66. The molecule has 0 fully saturated rings. The molecule has 0 bridgehead atoms. The van der Waals surface area contributed by atoms with Gasteiger partial charge in [-0.25, -0.2) is 9.37 Å². The summed E-state index contributed by atoms with van der Waals surface area (Å²) in [5.74, 6) is -0.221. The summed E-state index contributed by atoms with van der Waals surface area (Å²) in [4.78, 5) is 4.00. The van der Waals surface area contributed by atoms with Gasteiger partial charge in [0.15, 0.2) is 0 Å². The Morgan fingerprint density at radius 3 is 2.88 bits per heavy atom. The summed E-state index contributed by atoms with van der Waals surface area (Å²) in [6.07, 6.45) is 5.26. The van der Waals surface area contributed by atoms with E-state index in [2.05, 4.69) is 10.3 Å². The lowest BCUT2D eigenvalue weighted by Gasteiger charge is -2.16. The zero-order valence-electron chi connectivity index (χ0n) is 9.31. The van der Waals surface area contributed by atoms with Gasteiger partial charge < -0.3 is 9.88 Å². The molecule has 0 saturated carbocycles. The Labute approximate surface area is 93.9 Å². The fraction of sp³-hybridized carbons (Fsp3) is 0.250. The van der Waals surface area contributed by atoms with E-state index in [1.54, 1.807) is 24.7 Å². The van der Waals surface area contributed by atoms with Crippen LogP contribution in [-0.2, 0) is 0 Å². The van der Waals surface area contributed by atoms with Crippen LogP contribution in [0.3, 0.4) is 0 Å². The molecule has 1 atom stereocenters. The van der Waals surface area contributed by atoms with Gasteiger partial charge in [0.05, 0.1) is 12.0 Å². The highest BCUT2D eigenvalue weighted by molar-refractivity contribution is 5.43. The largest absolute Gasteiger partial charge is 0.313 e. The number of nitrogens with one attached hydrogen (secondary N) is 1. The second kappa shape index (κ2) is 4.45. The van der Waals surface area contributed by atoms with Crippen molar-refractivity contribution < 1.29 is 4.39 Å². The highest BCUT2D eigenvalue weighted by atomic mass is 19.1. The maximum absolute atomic E-state index is 13.2. The van der Waals surface area contributed by atoms with E-state index < -0.39 is 0 Å². The van der Waals surface area contributed by atoms with Gasteiger partial charge in [-0.3, -0.25) is 0 Å². The summed E-state index contributed by atoms with van der Waals surface area (Å²) in [6, 6.07) is 4.87. The van der Waals surface area contributed by atoms with Gasteiger partial charge in [0.2, 0.25) is 0 Å². The lowest BCUT2D eigenvalue weighted by atomic mass is 10.1. The van der Waals surface area contributed by atoms with E-state index in [-0.39, 0.29) is 11.9 Å². The number of hydrogen-bond donors (Lipinski definition) is 1. The number of halogens is 1. The Bertz CT molecular complexity index is 465. The normalized spacial score (nSPS) is 12.7. The SMILES string of the molecule is CNC(C)c1cc(F)ccc1-n1ccnc1. The van der Waals surface area contributed by atoms with Crippen molar-refractivity contribution in [1.82, 2.24) is 14.9 Å². The Morgan fingerprint density at radius 2 is 2.25 bits per heavy atom. The first-order valence-electron chi connectivity index (χ1n) is 5.17. The first-order chi connectivity index (χ1) is 7.72. The second-order valence-corrected chi connectivity index (χ2v) is 3.68. The third-order valence-corrected chi connectivity index (χ3v) is 2.67. The molecule has 0 saturated heterocycles. The van der Waals surface area contributed by atoms with E-state index in [1.165, 1.54) is 6.07 Å². The van der Waals surface area contributed by atoms with Crippen molar-refractivity contribution in [2.45, 2.75) is 13.0 Å². The Balaban J connectivity index is 2.52. The van der Waals surface area contributed by atoms with E-state index in [0.29, 0.717) is 0 Å². The molecule has 1 aromatic heterocycles. The van der Waals surface area contributed by atoms with Crippen molar-refractivity contribution in [3.63, 3.8) is 0 Å². The third-order valence-electron chi connectivity index (χ3n) is 2.67. The van der Waals surface area contributed by atoms with Crippen LogP contribution in [0.5, 0.6) is 0 Å². The minimum Gasteiger partial charge on any atom is -0.313 e. The number of imidazole rings is 1. The quantitative estimate of drug-likeness (QED) is 0.858. The maximum atomic E-state index is 13.2. The average molecular weight is 219 g/mol. The molecular weight excluding hydrogens is 205 g/mol. The summed E-state index contributed by atoms with van der Waals surface area (Å²) in [6.45, 7) is 2.00. The average Bonchev–Trinajstić information content (AvgIpc) is 2.81. The summed E-state index contributed by atoms with van der Waals surface area (Å²) in [5.41, 5.74) is 1.86. The van der Waals surface area contributed by atoms with Crippen LogP contribution in [-0.4, -0.2) is 16.6 Å². The number of aromatic nitrogens is 2. The molecule has 3 nitrogen and oxygen atoms in total. The molecule has 1 aromatic carbocycles. The zero-order chi connectivity index (χ0) is 11.5. The van der Waals surface area contributed by atoms with Crippen LogP contribution >= 0.6 is 0 Å². The second-order valence-electron chi connectivity index (χ2n) is 3.68. The zero-order valence-corrected chi connectivity index (χ0v) is 9.31. The topological polar surface area (TPSA) is 29.9 Å². The molecule has 1 unspecified atom stereocenters.